The second-order valence-corrected chi connectivity index (χ2v) is 9.19. The van der Waals surface area contributed by atoms with Gasteiger partial charge in [0.25, 0.3) is 0 Å². The van der Waals surface area contributed by atoms with E-state index in [1.165, 1.54) is 0 Å². The van der Waals surface area contributed by atoms with Gasteiger partial charge in [-0.25, -0.2) is 5.01 Å². The molecule has 2 aliphatic rings. The molecule has 0 unspecified atom stereocenters. The van der Waals surface area contributed by atoms with E-state index in [-0.39, 0.29) is 6.04 Å². The quantitative estimate of drug-likeness (QED) is 0.361. The fourth-order valence-corrected chi connectivity index (χ4v) is 4.86. The highest BCUT2D eigenvalue weighted by Gasteiger charge is 2.42. The average Bonchev–Trinajstić information content (AvgIpc) is 3.20. The van der Waals surface area contributed by atoms with Crippen LogP contribution in [0.25, 0.3) is 0 Å². The second kappa shape index (κ2) is 8.38. The largest absolute Gasteiger partial charge is 0.494 e. The molecule has 31 heavy (non-hydrogen) atoms. The Kier molecular flexibility index (Phi) is 5.59. The van der Waals surface area contributed by atoms with Crippen LogP contribution in [-0.4, -0.2) is 17.3 Å². The minimum absolute atomic E-state index is 0.0184. The molecular weight excluding hydrogens is 499 g/mol. The monoisotopic (exact) mass is 516 g/mol. The van der Waals surface area contributed by atoms with Crippen LogP contribution in [-0.2, 0) is 0 Å². The third kappa shape index (κ3) is 3.91. The molecule has 158 valence electrons. The van der Waals surface area contributed by atoms with E-state index in [1.807, 2.05) is 54.4 Å². The van der Waals surface area contributed by atoms with Gasteiger partial charge in [0.1, 0.15) is 11.5 Å². The van der Waals surface area contributed by atoms with E-state index in [0.717, 1.165) is 39.0 Å². The van der Waals surface area contributed by atoms with Crippen molar-refractivity contribution in [3.63, 3.8) is 0 Å². The van der Waals surface area contributed by atoms with E-state index in [1.54, 1.807) is 6.07 Å². The SMILES string of the molecule is CCOc1ccc([C@H]2Oc3c(Cl)cc(Cl)cc3[C@@H]3CC(c4ccc(Br)cc4)=NN23)cc1. The van der Waals surface area contributed by atoms with E-state index in [2.05, 4.69) is 28.1 Å². The number of hydrogen-bond donors (Lipinski definition) is 0. The van der Waals surface area contributed by atoms with Crippen LogP contribution in [0.5, 0.6) is 11.5 Å². The zero-order valence-electron chi connectivity index (χ0n) is 16.7. The Morgan fingerprint density at radius 3 is 2.55 bits per heavy atom. The second-order valence-electron chi connectivity index (χ2n) is 7.43. The van der Waals surface area contributed by atoms with Gasteiger partial charge in [-0.1, -0.05) is 51.3 Å². The summed E-state index contributed by atoms with van der Waals surface area (Å²) in [6.45, 7) is 2.59. The smallest absolute Gasteiger partial charge is 0.213 e. The predicted molar refractivity (Wildman–Crippen MR) is 127 cm³/mol. The van der Waals surface area contributed by atoms with E-state index in [0.29, 0.717) is 22.4 Å². The number of rotatable bonds is 4. The zero-order chi connectivity index (χ0) is 21.5. The Hall–Kier alpha value is -2.21. The van der Waals surface area contributed by atoms with Gasteiger partial charge in [0.15, 0.2) is 0 Å². The number of hydrazone groups is 1. The zero-order valence-corrected chi connectivity index (χ0v) is 19.8. The molecule has 0 aromatic heterocycles. The highest BCUT2D eigenvalue weighted by molar-refractivity contribution is 9.10. The van der Waals surface area contributed by atoms with Gasteiger partial charge in [-0.2, -0.15) is 5.10 Å². The molecular formula is C24H19BrCl2N2O2. The van der Waals surface area contributed by atoms with Crippen molar-refractivity contribution in [2.24, 2.45) is 5.10 Å². The summed E-state index contributed by atoms with van der Waals surface area (Å²) in [5.41, 5.74) is 4.01. The topological polar surface area (TPSA) is 34.1 Å². The maximum atomic E-state index is 6.54. The van der Waals surface area contributed by atoms with Crippen molar-refractivity contribution in [3.05, 3.63) is 91.9 Å². The molecule has 3 aromatic rings. The van der Waals surface area contributed by atoms with Crippen molar-refractivity contribution < 1.29 is 9.47 Å². The molecule has 4 nitrogen and oxygen atoms in total. The fraction of sp³-hybridized carbons (Fsp3) is 0.208. The van der Waals surface area contributed by atoms with Crippen LogP contribution in [0.1, 0.15) is 42.3 Å². The first kappa shape index (κ1) is 20.7. The summed E-state index contributed by atoms with van der Waals surface area (Å²) < 4.78 is 13.0. The van der Waals surface area contributed by atoms with Gasteiger partial charge in [-0.15, -0.1) is 0 Å². The Morgan fingerprint density at radius 1 is 1.10 bits per heavy atom. The Morgan fingerprint density at radius 2 is 1.84 bits per heavy atom. The van der Waals surface area contributed by atoms with Gasteiger partial charge in [-0.05, 0) is 61.0 Å². The first-order valence-corrected chi connectivity index (χ1v) is 11.6. The highest BCUT2D eigenvalue weighted by atomic mass is 79.9. The minimum Gasteiger partial charge on any atom is -0.494 e. The van der Waals surface area contributed by atoms with Crippen LogP contribution < -0.4 is 9.47 Å². The lowest BCUT2D eigenvalue weighted by Crippen LogP contribution is -2.33. The number of hydrogen-bond acceptors (Lipinski definition) is 4. The lowest BCUT2D eigenvalue weighted by molar-refractivity contribution is -0.0189. The predicted octanol–water partition coefficient (Wildman–Crippen LogP) is 7.40. The molecule has 2 heterocycles. The van der Waals surface area contributed by atoms with E-state index in [4.69, 9.17) is 37.8 Å². The van der Waals surface area contributed by atoms with Gasteiger partial charge in [-0.3, -0.25) is 0 Å². The van der Waals surface area contributed by atoms with Crippen molar-refractivity contribution in [2.45, 2.75) is 25.6 Å². The normalized spacial score (nSPS) is 19.4. The standard InChI is InChI=1S/C24H19BrCl2N2O2/c1-2-30-18-9-5-15(6-10-18)24-29-22(19-11-17(26)12-20(27)23(19)31-24)13-21(28-29)14-3-7-16(25)8-4-14/h3-12,22,24H,2,13H2,1H3/t22-,24+/m0/s1. The molecule has 0 saturated heterocycles. The highest BCUT2D eigenvalue weighted by Crippen LogP contribution is 2.50. The van der Waals surface area contributed by atoms with Crippen LogP contribution in [0, 0.1) is 0 Å². The van der Waals surface area contributed by atoms with Crippen molar-refractivity contribution >= 4 is 44.8 Å². The van der Waals surface area contributed by atoms with Crippen LogP contribution in [0.4, 0.5) is 0 Å². The van der Waals surface area contributed by atoms with Gasteiger partial charge in [0.2, 0.25) is 6.23 Å². The van der Waals surface area contributed by atoms with E-state index >= 15 is 0 Å². The molecule has 0 spiro atoms. The molecule has 3 aromatic carbocycles. The van der Waals surface area contributed by atoms with Crippen molar-refractivity contribution in [2.75, 3.05) is 6.61 Å². The number of benzene rings is 3. The van der Waals surface area contributed by atoms with Crippen molar-refractivity contribution in [1.29, 1.82) is 0 Å². The summed E-state index contributed by atoms with van der Waals surface area (Å²) in [5, 5.41) is 8.09. The Balaban J connectivity index is 1.58. The fourth-order valence-electron chi connectivity index (χ4n) is 4.05. The third-order valence-electron chi connectivity index (χ3n) is 5.46. The third-order valence-corrected chi connectivity index (χ3v) is 6.49. The number of fused-ring (bicyclic) bond motifs is 3. The van der Waals surface area contributed by atoms with Gasteiger partial charge in [0.05, 0.1) is 23.4 Å². The lowest BCUT2D eigenvalue weighted by Gasteiger charge is -2.38. The van der Waals surface area contributed by atoms with Crippen LogP contribution in [0.3, 0.4) is 0 Å². The molecule has 0 fully saturated rings. The molecule has 0 radical (unpaired) electrons. The van der Waals surface area contributed by atoms with Gasteiger partial charge >= 0.3 is 0 Å². The molecule has 0 amide bonds. The number of nitrogens with zero attached hydrogens (tertiary/aromatic N) is 2. The van der Waals surface area contributed by atoms with Crippen LogP contribution in [0.2, 0.25) is 10.0 Å². The lowest BCUT2D eigenvalue weighted by atomic mass is 9.96. The molecule has 0 aliphatic carbocycles. The van der Waals surface area contributed by atoms with Crippen LogP contribution in [0.15, 0.2) is 70.2 Å². The molecule has 5 rings (SSSR count). The van der Waals surface area contributed by atoms with Gasteiger partial charge in [0, 0.05) is 27.0 Å². The number of ether oxygens (including phenoxy) is 2. The summed E-state index contributed by atoms with van der Waals surface area (Å²) in [5.74, 6) is 1.49. The summed E-state index contributed by atoms with van der Waals surface area (Å²) in [6, 6.07) is 19.7. The first-order chi connectivity index (χ1) is 15.0. The molecule has 0 bridgehead atoms. The maximum absolute atomic E-state index is 6.54. The van der Waals surface area contributed by atoms with Crippen molar-refractivity contribution in [3.8, 4) is 11.5 Å². The summed E-state index contributed by atoms with van der Waals surface area (Å²) >= 11 is 16.4. The van der Waals surface area contributed by atoms with Crippen molar-refractivity contribution in [1.82, 2.24) is 5.01 Å². The Bertz CT molecular complexity index is 1150. The summed E-state index contributed by atoms with van der Waals surface area (Å²) in [4.78, 5) is 0. The Labute approximate surface area is 199 Å². The first-order valence-electron chi connectivity index (χ1n) is 10.0. The number of halogens is 3. The summed E-state index contributed by atoms with van der Waals surface area (Å²) in [7, 11) is 0. The molecule has 2 aliphatic heterocycles. The molecule has 0 N–H and O–H groups in total. The van der Waals surface area contributed by atoms with E-state index in [9.17, 15) is 0 Å². The van der Waals surface area contributed by atoms with Gasteiger partial charge < -0.3 is 9.47 Å². The maximum Gasteiger partial charge on any atom is 0.213 e. The van der Waals surface area contributed by atoms with Crippen LogP contribution >= 0.6 is 39.1 Å². The molecule has 0 saturated carbocycles. The minimum atomic E-state index is -0.403. The summed E-state index contributed by atoms with van der Waals surface area (Å²) in [6.07, 6.45) is 0.335. The molecule has 7 heteroatoms. The average molecular weight is 518 g/mol. The van der Waals surface area contributed by atoms with E-state index < -0.39 is 6.23 Å². The molecule has 2 atom stereocenters.